The summed E-state index contributed by atoms with van der Waals surface area (Å²) in [5.74, 6) is -1.46. The molecule has 2 unspecified atom stereocenters. The molecule has 0 fully saturated rings. The normalized spacial score (nSPS) is 16.9. The Morgan fingerprint density at radius 3 is 2.20 bits per heavy atom. The molecule has 0 amide bonds. The summed E-state index contributed by atoms with van der Waals surface area (Å²) in [5.41, 5.74) is 0.435. The predicted octanol–water partition coefficient (Wildman–Crippen LogP) is 2.72. The van der Waals surface area contributed by atoms with Crippen LogP contribution in [0.5, 0.6) is 0 Å². The minimum Gasteiger partial charge on any atom is -0.342 e. The van der Waals surface area contributed by atoms with Crippen LogP contribution in [0.15, 0.2) is 29.2 Å². The number of benzene rings is 1. The summed E-state index contributed by atoms with van der Waals surface area (Å²) in [6.07, 6.45) is 0. The molecule has 1 rings (SSSR count). The van der Waals surface area contributed by atoms with Gasteiger partial charge in [0.25, 0.3) is 0 Å². The quantitative estimate of drug-likeness (QED) is 0.616. The lowest BCUT2D eigenvalue weighted by Gasteiger charge is -2.25. The Kier molecular flexibility index (Phi) is 5.81. The van der Waals surface area contributed by atoms with Crippen molar-refractivity contribution in [1.29, 1.82) is 0 Å². The number of sulfonamides is 1. The second kappa shape index (κ2) is 6.58. The Hall–Kier alpha value is -0.390. The first kappa shape index (κ1) is 17.7. The van der Waals surface area contributed by atoms with Gasteiger partial charge in [-0.3, -0.25) is 4.57 Å². The van der Waals surface area contributed by atoms with Crippen molar-refractivity contribution in [2.24, 2.45) is 5.92 Å². The summed E-state index contributed by atoms with van der Waals surface area (Å²) in [7, 11) is -7.65. The fraction of sp³-hybridized carbons (Fsp3) is 0.500. The van der Waals surface area contributed by atoms with Crippen molar-refractivity contribution in [2.75, 3.05) is 5.62 Å². The third kappa shape index (κ3) is 4.30. The van der Waals surface area contributed by atoms with Crippen LogP contribution in [0.1, 0.15) is 19.4 Å². The lowest BCUT2D eigenvalue weighted by atomic mass is 10.2. The number of aryl methyl sites for hydroxylation is 1. The summed E-state index contributed by atoms with van der Waals surface area (Å²) < 4.78 is 38.7. The second-order valence-electron chi connectivity index (χ2n) is 5.00. The molecule has 1 aromatic carbocycles. The molecule has 114 valence electrons. The van der Waals surface area contributed by atoms with Gasteiger partial charge in [0.2, 0.25) is 17.4 Å². The molecule has 0 aromatic heterocycles. The van der Waals surface area contributed by atoms with E-state index >= 15 is 0 Å². The van der Waals surface area contributed by atoms with E-state index < -0.39 is 28.8 Å². The van der Waals surface area contributed by atoms with Gasteiger partial charge in [-0.1, -0.05) is 31.5 Å². The summed E-state index contributed by atoms with van der Waals surface area (Å²) in [6, 6.07) is 6.24. The van der Waals surface area contributed by atoms with Gasteiger partial charge in [-0.2, -0.15) is 4.72 Å². The van der Waals surface area contributed by atoms with Crippen molar-refractivity contribution in [2.45, 2.75) is 31.4 Å². The van der Waals surface area contributed by atoms with Crippen LogP contribution in [0.3, 0.4) is 0 Å². The highest BCUT2D eigenvalue weighted by Gasteiger charge is 2.36. The fourth-order valence-corrected chi connectivity index (χ4v) is 5.53. The van der Waals surface area contributed by atoms with Gasteiger partial charge in [0, 0.05) is 0 Å². The van der Waals surface area contributed by atoms with E-state index in [2.05, 4.69) is 4.72 Å². The first-order valence-electron chi connectivity index (χ1n) is 6.06. The second-order valence-corrected chi connectivity index (χ2v) is 9.74. The van der Waals surface area contributed by atoms with E-state index in [0.717, 1.165) is 5.56 Å². The highest BCUT2D eigenvalue weighted by molar-refractivity contribution is 7.90. The molecule has 0 aliphatic rings. The van der Waals surface area contributed by atoms with Crippen molar-refractivity contribution in [3.63, 3.8) is 0 Å². The maximum absolute atomic E-state index is 12.2. The number of rotatable bonds is 6. The van der Waals surface area contributed by atoms with Gasteiger partial charge < -0.3 is 4.89 Å². The summed E-state index contributed by atoms with van der Waals surface area (Å²) in [6.45, 7) is 5.17. The lowest BCUT2D eigenvalue weighted by molar-refractivity contribution is 0.431. The molecule has 0 radical (unpaired) electrons. The first-order chi connectivity index (χ1) is 9.10. The van der Waals surface area contributed by atoms with Crippen molar-refractivity contribution in [3.05, 3.63) is 29.8 Å². The van der Waals surface area contributed by atoms with E-state index in [0.29, 0.717) is 0 Å². The van der Waals surface area contributed by atoms with Crippen molar-refractivity contribution < 1.29 is 17.9 Å². The van der Waals surface area contributed by atoms with Gasteiger partial charge in [0.1, 0.15) is 11.4 Å². The zero-order chi connectivity index (χ0) is 15.6. The minimum absolute atomic E-state index is 0.0586. The highest BCUT2D eigenvalue weighted by atomic mass is 35.5. The summed E-state index contributed by atoms with van der Waals surface area (Å²) in [5, 5.41) is 0. The summed E-state index contributed by atoms with van der Waals surface area (Å²) in [4.78, 5) is 9.86. The molecule has 0 aliphatic carbocycles. The van der Waals surface area contributed by atoms with Gasteiger partial charge >= 0.3 is 0 Å². The molecule has 0 aliphatic heterocycles. The molecule has 0 saturated carbocycles. The van der Waals surface area contributed by atoms with E-state index in [9.17, 15) is 17.9 Å². The van der Waals surface area contributed by atoms with Crippen LogP contribution >= 0.6 is 19.0 Å². The lowest BCUT2D eigenvalue weighted by Crippen LogP contribution is -2.38. The first-order valence-corrected chi connectivity index (χ1v) is 10.00. The van der Waals surface area contributed by atoms with Crippen LogP contribution < -0.4 is 4.72 Å². The third-order valence-electron chi connectivity index (χ3n) is 2.84. The maximum atomic E-state index is 12.2. The molecule has 2 atom stereocenters. The van der Waals surface area contributed by atoms with Gasteiger partial charge in [0.05, 0.1) is 4.90 Å². The Bertz CT molecular complexity index is 600. The summed E-state index contributed by atoms with van der Waals surface area (Å²) >= 11 is 5.48. The Balaban J connectivity index is 3.10. The molecule has 0 spiro atoms. The van der Waals surface area contributed by atoms with Gasteiger partial charge in [-0.25, -0.2) is 8.42 Å². The monoisotopic (exact) mass is 339 g/mol. The van der Waals surface area contributed by atoms with Crippen LogP contribution in [0.25, 0.3) is 0 Å². The van der Waals surface area contributed by atoms with Crippen molar-refractivity contribution in [1.82, 2.24) is 4.72 Å². The standard InChI is InChI=1S/C12H19ClNO4PS/c1-9(2)12(19(15,16)8-13)14-20(17,18)11-6-4-10(3)5-7-11/h4-7,9,12,14H,8H2,1-3H3,(H,15,16). The highest BCUT2D eigenvalue weighted by Crippen LogP contribution is 2.49. The van der Waals surface area contributed by atoms with E-state index in [1.807, 2.05) is 6.92 Å². The largest absolute Gasteiger partial charge is 0.342 e. The Morgan fingerprint density at radius 1 is 1.30 bits per heavy atom. The van der Waals surface area contributed by atoms with E-state index in [-0.39, 0.29) is 10.8 Å². The van der Waals surface area contributed by atoms with Crippen LogP contribution in [0.4, 0.5) is 0 Å². The average Bonchev–Trinajstić information content (AvgIpc) is 2.36. The van der Waals surface area contributed by atoms with Crippen molar-refractivity contribution >= 4 is 29.0 Å². The molecule has 1 aromatic rings. The zero-order valence-electron chi connectivity index (χ0n) is 11.6. The van der Waals surface area contributed by atoms with E-state index in [1.165, 1.54) is 12.1 Å². The van der Waals surface area contributed by atoms with Crippen LogP contribution in [0, 0.1) is 12.8 Å². The smallest absolute Gasteiger partial charge is 0.241 e. The maximum Gasteiger partial charge on any atom is 0.241 e. The van der Waals surface area contributed by atoms with Crippen LogP contribution in [-0.2, 0) is 14.6 Å². The Labute approximate surface area is 124 Å². The topological polar surface area (TPSA) is 83.5 Å². The van der Waals surface area contributed by atoms with Crippen LogP contribution in [0.2, 0.25) is 0 Å². The zero-order valence-corrected chi connectivity index (χ0v) is 14.0. The Morgan fingerprint density at radius 2 is 1.80 bits per heavy atom. The molecule has 0 bridgehead atoms. The number of hydrogen-bond acceptors (Lipinski definition) is 3. The molecule has 0 heterocycles. The minimum atomic E-state index is -3.86. The van der Waals surface area contributed by atoms with Gasteiger partial charge in [0.15, 0.2) is 0 Å². The van der Waals surface area contributed by atoms with Crippen molar-refractivity contribution in [3.8, 4) is 0 Å². The third-order valence-corrected chi connectivity index (χ3v) is 7.44. The molecular formula is C12H19ClNO4PS. The number of halogens is 1. The molecule has 8 heteroatoms. The van der Waals surface area contributed by atoms with Gasteiger partial charge in [-0.15, -0.1) is 11.6 Å². The van der Waals surface area contributed by atoms with Crippen LogP contribution in [-0.4, -0.2) is 24.7 Å². The SMILES string of the molecule is Cc1ccc(S(=O)(=O)NC(C(C)C)P(=O)(O)CCl)cc1. The fourth-order valence-electron chi connectivity index (χ4n) is 1.70. The average molecular weight is 340 g/mol. The molecular weight excluding hydrogens is 321 g/mol. The molecule has 20 heavy (non-hydrogen) atoms. The predicted molar refractivity (Wildman–Crippen MR) is 80.7 cm³/mol. The van der Waals surface area contributed by atoms with E-state index in [1.54, 1.807) is 26.0 Å². The van der Waals surface area contributed by atoms with E-state index in [4.69, 9.17) is 11.6 Å². The molecule has 0 saturated heterocycles. The number of nitrogens with one attached hydrogen (secondary N) is 1. The van der Waals surface area contributed by atoms with Gasteiger partial charge in [-0.05, 0) is 25.0 Å². The number of hydrogen-bond donors (Lipinski definition) is 2. The number of alkyl halides is 1. The molecule has 5 nitrogen and oxygen atoms in total. The molecule has 2 N–H and O–H groups in total.